The lowest BCUT2D eigenvalue weighted by Crippen LogP contribution is -2.55. The van der Waals surface area contributed by atoms with E-state index in [2.05, 4.69) is 0 Å². The maximum Gasteiger partial charge on any atom is 0.132 e. The molecule has 0 aliphatic heterocycles. The van der Waals surface area contributed by atoms with Gasteiger partial charge in [0.15, 0.2) is 0 Å². The quantitative estimate of drug-likeness (QED) is 0.731. The molecular weight excluding hydrogens is 178 g/mol. The molecule has 76 valence electrons. The fraction of sp³-hybridized carbons (Fsp3) is 0.889. The summed E-state index contributed by atoms with van der Waals surface area (Å²) in [7, 11) is 0. The van der Waals surface area contributed by atoms with Crippen LogP contribution in [0.2, 0.25) is 0 Å². The maximum absolute atomic E-state index is 12.3. The standard InChI is InChI=1S/C9H14F2O2/c1-7(12)2-9(13)3-8(4-9,5-10)6-11/h13H,2-6H2,1H3. The summed E-state index contributed by atoms with van der Waals surface area (Å²) >= 11 is 0. The van der Waals surface area contributed by atoms with Crippen LogP contribution in [0.25, 0.3) is 0 Å². The van der Waals surface area contributed by atoms with E-state index in [-0.39, 0.29) is 25.0 Å². The Morgan fingerprint density at radius 3 is 2.15 bits per heavy atom. The molecule has 1 fully saturated rings. The Kier molecular flexibility index (Phi) is 2.71. The molecular formula is C9H14F2O2. The predicted octanol–water partition coefficient (Wildman–Crippen LogP) is 1.42. The average Bonchev–Trinajstić information content (AvgIpc) is 1.98. The molecule has 0 saturated heterocycles. The van der Waals surface area contributed by atoms with E-state index in [0.29, 0.717) is 0 Å². The zero-order valence-electron chi connectivity index (χ0n) is 7.65. The van der Waals surface area contributed by atoms with Crippen molar-refractivity contribution in [2.24, 2.45) is 5.41 Å². The molecule has 0 aromatic rings. The third kappa shape index (κ3) is 2.05. The molecule has 0 atom stereocenters. The van der Waals surface area contributed by atoms with Gasteiger partial charge in [-0.05, 0) is 19.8 Å². The Morgan fingerprint density at radius 1 is 1.38 bits per heavy atom. The van der Waals surface area contributed by atoms with Gasteiger partial charge in [0, 0.05) is 11.8 Å². The Bertz CT molecular complexity index is 204. The minimum absolute atomic E-state index is 0.00868. The van der Waals surface area contributed by atoms with Gasteiger partial charge in [-0.2, -0.15) is 0 Å². The smallest absolute Gasteiger partial charge is 0.132 e. The van der Waals surface area contributed by atoms with E-state index < -0.39 is 24.4 Å². The molecule has 13 heavy (non-hydrogen) atoms. The van der Waals surface area contributed by atoms with Crippen LogP contribution in [0, 0.1) is 5.41 Å². The fourth-order valence-corrected chi connectivity index (χ4v) is 2.16. The molecule has 0 bridgehead atoms. The number of alkyl halides is 2. The number of rotatable bonds is 4. The highest BCUT2D eigenvalue weighted by molar-refractivity contribution is 5.76. The van der Waals surface area contributed by atoms with Gasteiger partial charge in [-0.3, -0.25) is 13.6 Å². The lowest BCUT2D eigenvalue weighted by Gasteiger charge is -2.50. The summed E-state index contributed by atoms with van der Waals surface area (Å²) in [6, 6.07) is 0. The van der Waals surface area contributed by atoms with Gasteiger partial charge < -0.3 is 5.11 Å². The first kappa shape index (κ1) is 10.6. The van der Waals surface area contributed by atoms with Gasteiger partial charge in [-0.25, -0.2) is 0 Å². The van der Waals surface area contributed by atoms with Crippen LogP contribution in [0.5, 0.6) is 0 Å². The van der Waals surface area contributed by atoms with E-state index in [4.69, 9.17) is 0 Å². The van der Waals surface area contributed by atoms with Crippen LogP contribution in [0.4, 0.5) is 8.78 Å². The topological polar surface area (TPSA) is 37.3 Å². The SMILES string of the molecule is CC(=O)CC1(O)CC(CF)(CF)C1. The zero-order chi connectivity index (χ0) is 10.1. The number of carbonyl (C=O) groups excluding carboxylic acids is 1. The van der Waals surface area contributed by atoms with Gasteiger partial charge >= 0.3 is 0 Å². The van der Waals surface area contributed by atoms with E-state index in [1.54, 1.807) is 0 Å². The number of Topliss-reactive ketones (excluding diaryl/α,β-unsaturated/α-hetero) is 1. The lowest BCUT2D eigenvalue weighted by atomic mass is 9.59. The summed E-state index contributed by atoms with van der Waals surface area (Å²) in [6.07, 6.45) is 0.133. The van der Waals surface area contributed by atoms with Crippen LogP contribution in [0.1, 0.15) is 26.2 Å². The monoisotopic (exact) mass is 192 g/mol. The highest BCUT2D eigenvalue weighted by Gasteiger charge is 2.54. The number of hydrogen-bond acceptors (Lipinski definition) is 2. The molecule has 0 heterocycles. The van der Waals surface area contributed by atoms with Gasteiger partial charge in [0.25, 0.3) is 0 Å². The van der Waals surface area contributed by atoms with E-state index in [9.17, 15) is 18.7 Å². The van der Waals surface area contributed by atoms with E-state index in [1.165, 1.54) is 6.92 Å². The van der Waals surface area contributed by atoms with Crippen molar-refractivity contribution < 1.29 is 18.7 Å². The van der Waals surface area contributed by atoms with Crippen molar-refractivity contribution in [1.82, 2.24) is 0 Å². The predicted molar refractivity (Wildman–Crippen MR) is 43.9 cm³/mol. The molecule has 0 amide bonds. The van der Waals surface area contributed by atoms with Crippen molar-refractivity contribution in [2.75, 3.05) is 13.3 Å². The molecule has 0 aromatic heterocycles. The fourth-order valence-electron chi connectivity index (χ4n) is 2.16. The normalized spacial score (nSPS) is 23.7. The van der Waals surface area contributed by atoms with E-state index >= 15 is 0 Å². The summed E-state index contributed by atoms with van der Waals surface area (Å²) in [5, 5.41) is 9.62. The molecule has 1 aliphatic carbocycles. The van der Waals surface area contributed by atoms with Crippen LogP contribution in [-0.2, 0) is 4.79 Å². The third-order valence-corrected chi connectivity index (χ3v) is 2.55. The summed E-state index contributed by atoms with van der Waals surface area (Å²) in [4.78, 5) is 10.7. The summed E-state index contributed by atoms with van der Waals surface area (Å²) in [6.45, 7) is -0.156. The van der Waals surface area contributed by atoms with Crippen molar-refractivity contribution in [3.8, 4) is 0 Å². The van der Waals surface area contributed by atoms with Crippen molar-refractivity contribution in [3.63, 3.8) is 0 Å². The van der Waals surface area contributed by atoms with E-state index in [1.807, 2.05) is 0 Å². The molecule has 4 heteroatoms. The number of aliphatic hydroxyl groups is 1. The molecule has 1 N–H and O–H groups in total. The largest absolute Gasteiger partial charge is 0.389 e. The minimum atomic E-state index is -1.15. The zero-order valence-corrected chi connectivity index (χ0v) is 7.65. The molecule has 0 radical (unpaired) electrons. The van der Waals surface area contributed by atoms with Crippen LogP contribution in [-0.4, -0.2) is 29.8 Å². The molecule has 1 rings (SSSR count). The highest BCUT2D eigenvalue weighted by Crippen LogP contribution is 2.50. The van der Waals surface area contributed by atoms with Gasteiger partial charge in [0.1, 0.15) is 5.78 Å². The molecule has 2 nitrogen and oxygen atoms in total. The Balaban J connectivity index is 2.49. The number of carbonyl (C=O) groups is 1. The van der Waals surface area contributed by atoms with Gasteiger partial charge in [0.2, 0.25) is 0 Å². The first-order valence-corrected chi connectivity index (χ1v) is 4.29. The average molecular weight is 192 g/mol. The van der Waals surface area contributed by atoms with Crippen LogP contribution >= 0.6 is 0 Å². The maximum atomic E-state index is 12.3. The van der Waals surface area contributed by atoms with Crippen molar-refractivity contribution >= 4 is 5.78 Å². The molecule has 0 unspecified atom stereocenters. The molecule has 1 saturated carbocycles. The molecule has 0 spiro atoms. The van der Waals surface area contributed by atoms with Crippen LogP contribution in [0.15, 0.2) is 0 Å². The van der Waals surface area contributed by atoms with Crippen LogP contribution in [0.3, 0.4) is 0 Å². The second-order valence-corrected chi connectivity index (χ2v) is 4.22. The second-order valence-electron chi connectivity index (χ2n) is 4.22. The summed E-state index contributed by atoms with van der Waals surface area (Å²) in [5.41, 5.74) is -2.16. The Labute approximate surface area is 75.9 Å². The van der Waals surface area contributed by atoms with Crippen molar-refractivity contribution in [2.45, 2.75) is 31.8 Å². The first-order chi connectivity index (χ1) is 5.95. The number of ketones is 1. The van der Waals surface area contributed by atoms with Crippen LogP contribution < -0.4 is 0 Å². The van der Waals surface area contributed by atoms with Crippen molar-refractivity contribution in [3.05, 3.63) is 0 Å². The molecule has 0 aromatic carbocycles. The Morgan fingerprint density at radius 2 is 1.85 bits per heavy atom. The number of hydrogen-bond donors (Lipinski definition) is 1. The summed E-state index contributed by atoms with van der Waals surface area (Å²) in [5.74, 6) is -0.145. The summed E-state index contributed by atoms with van der Waals surface area (Å²) < 4.78 is 24.7. The van der Waals surface area contributed by atoms with Gasteiger partial charge in [0.05, 0.1) is 19.0 Å². The van der Waals surface area contributed by atoms with E-state index in [0.717, 1.165) is 0 Å². The second kappa shape index (κ2) is 3.33. The first-order valence-electron chi connectivity index (χ1n) is 4.29. The van der Waals surface area contributed by atoms with Gasteiger partial charge in [-0.1, -0.05) is 0 Å². The number of halogens is 2. The van der Waals surface area contributed by atoms with Crippen molar-refractivity contribution in [1.29, 1.82) is 0 Å². The minimum Gasteiger partial charge on any atom is -0.389 e. The molecule has 1 aliphatic rings. The third-order valence-electron chi connectivity index (χ3n) is 2.55. The Hall–Kier alpha value is -0.510. The lowest BCUT2D eigenvalue weighted by molar-refractivity contribution is -0.156. The highest BCUT2D eigenvalue weighted by atomic mass is 19.1. The van der Waals surface area contributed by atoms with Gasteiger partial charge in [-0.15, -0.1) is 0 Å².